The Morgan fingerprint density at radius 2 is 1.79 bits per heavy atom. The lowest BCUT2D eigenvalue weighted by Gasteiger charge is -2.08. The van der Waals surface area contributed by atoms with Gasteiger partial charge >= 0.3 is 0 Å². The third kappa shape index (κ3) is 2.08. The average molecular weight is 253 g/mol. The summed E-state index contributed by atoms with van der Waals surface area (Å²) in [6.07, 6.45) is 1.69. The van der Waals surface area contributed by atoms with E-state index in [2.05, 4.69) is 5.10 Å². The van der Waals surface area contributed by atoms with Crippen LogP contribution < -0.4 is 5.73 Å². The highest BCUT2D eigenvalue weighted by Crippen LogP contribution is 2.24. The molecule has 19 heavy (non-hydrogen) atoms. The zero-order chi connectivity index (χ0) is 13.2. The fraction of sp³-hybridized carbons (Fsp3) is 0. The van der Waals surface area contributed by atoms with Crippen molar-refractivity contribution in [3.8, 4) is 16.9 Å². The molecule has 0 saturated carbocycles. The van der Waals surface area contributed by atoms with E-state index in [9.17, 15) is 4.39 Å². The third-order valence-electron chi connectivity index (χ3n) is 2.94. The monoisotopic (exact) mass is 253 g/mol. The van der Waals surface area contributed by atoms with E-state index in [0.717, 1.165) is 16.9 Å². The number of aromatic nitrogens is 2. The topological polar surface area (TPSA) is 43.8 Å². The predicted molar refractivity (Wildman–Crippen MR) is 73.4 cm³/mol. The number of nitrogens with zero attached hydrogens (tertiary/aromatic N) is 2. The summed E-state index contributed by atoms with van der Waals surface area (Å²) in [5.74, 6) is -0.418. The molecule has 3 aromatic rings. The molecule has 0 aliphatic carbocycles. The van der Waals surface area contributed by atoms with Crippen LogP contribution in [0.25, 0.3) is 16.9 Å². The molecule has 3 nitrogen and oxygen atoms in total. The number of hydrogen-bond donors (Lipinski definition) is 1. The van der Waals surface area contributed by atoms with Crippen molar-refractivity contribution in [1.82, 2.24) is 9.78 Å². The third-order valence-corrected chi connectivity index (χ3v) is 2.94. The van der Waals surface area contributed by atoms with E-state index in [4.69, 9.17) is 5.73 Å². The van der Waals surface area contributed by atoms with E-state index in [0.29, 0.717) is 0 Å². The second kappa shape index (κ2) is 4.57. The quantitative estimate of drug-likeness (QED) is 0.712. The fourth-order valence-corrected chi connectivity index (χ4v) is 1.98. The molecule has 0 atom stereocenters. The number of para-hydroxylation sites is 1. The number of benzene rings is 2. The Kier molecular flexibility index (Phi) is 2.76. The number of anilines is 1. The summed E-state index contributed by atoms with van der Waals surface area (Å²) in [4.78, 5) is 0. The van der Waals surface area contributed by atoms with Gasteiger partial charge in [-0.2, -0.15) is 5.10 Å². The Bertz CT molecular complexity index is 704. The van der Waals surface area contributed by atoms with E-state index >= 15 is 0 Å². The Hall–Kier alpha value is -2.62. The molecule has 1 aromatic heterocycles. The van der Waals surface area contributed by atoms with Crippen LogP contribution >= 0.6 is 0 Å². The van der Waals surface area contributed by atoms with Crippen molar-refractivity contribution in [2.45, 2.75) is 0 Å². The first kappa shape index (κ1) is 11.5. The number of nitrogen functional groups attached to an aromatic ring is 1. The second-order valence-corrected chi connectivity index (χ2v) is 4.20. The minimum absolute atomic E-state index is 0.148. The van der Waals surface area contributed by atoms with Crippen LogP contribution in [0.4, 0.5) is 10.1 Å². The largest absolute Gasteiger partial charge is 0.396 e. The predicted octanol–water partition coefficient (Wildman–Crippen LogP) is 3.26. The van der Waals surface area contributed by atoms with E-state index in [1.165, 1.54) is 6.07 Å². The molecule has 0 bridgehead atoms. The number of halogens is 1. The molecule has 0 amide bonds. The Labute approximate surface area is 110 Å². The van der Waals surface area contributed by atoms with Crippen LogP contribution in [0, 0.1) is 5.82 Å². The molecular weight excluding hydrogens is 241 g/mol. The van der Waals surface area contributed by atoms with Crippen LogP contribution in [0.15, 0.2) is 60.8 Å². The lowest BCUT2D eigenvalue weighted by atomic mass is 10.1. The van der Waals surface area contributed by atoms with Crippen molar-refractivity contribution in [2.24, 2.45) is 0 Å². The number of nitrogens with two attached hydrogens (primary N) is 1. The molecule has 1 heterocycles. The Balaban J connectivity index is 2.12. The standard InChI is InChI=1S/C15H12FN3/c16-13-10-11(6-7-14(13)17)15-8-9-18-19(15)12-4-2-1-3-5-12/h1-10H,17H2. The molecule has 2 N–H and O–H groups in total. The summed E-state index contributed by atoms with van der Waals surface area (Å²) in [7, 11) is 0. The maximum atomic E-state index is 13.6. The summed E-state index contributed by atoms with van der Waals surface area (Å²) in [5, 5.41) is 4.28. The van der Waals surface area contributed by atoms with Gasteiger partial charge < -0.3 is 5.73 Å². The highest BCUT2D eigenvalue weighted by atomic mass is 19.1. The van der Waals surface area contributed by atoms with Gasteiger partial charge in [0.1, 0.15) is 5.82 Å². The van der Waals surface area contributed by atoms with E-state index in [-0.39, 0.29) is 5.69 Å². The molecule has 94 valence electrons. The number of hydrogen-bond acceptors (Lipinski definition) is 2. The Morgan fingerprint density at radius 3 is 2.53 bits per heavy atom. The summed E-state index contributed by atoms with van der Waals surface area (Å²) < 4.78 is 15.3. The van der Waals surface area contributed by atoms with Gasteiger partial charge in [-0.05, 0) is 30.3 Å². The van der Waals surface area contributed by atoms with Crippen molar-refractivity contribution >= 4 is 5.69 Å². The first-order valence-corrected chi connectivity index (χ1v) is 5.90. The van der Waals surface area contributed by atoms with Crippen molar-refractivity contribution in [3.63, 3.8) is 0 Å². The van der Waals surface area contributed by atoms with Crippen molar-refractivity contribution in [1.29, 1.82) is 0 Å². The maximum Gasteiger partial charge on any atom is 0.146 e. The van der Waals surface area contributed by atoms with E-state index in [1.54, 1.807) is 23.0 Å². The highest BCUT2D eigenvalue weighted by molar-refractivity contribution is 5.64. The van der Waals surface area contributed by atoms with Gasteiger partial charge in [-0.3, -0.25) is 0 Å². The molecule has 0 radical (unpaired) electrons. The lowest BCUT2D eigenvalue weighted by Crippen LogP contribution is -1.99. The maximum absolute atomic E-state index is 13.6. The molecule has 4 heteroatoms. The zero-order valence-corrected chi connectivity index (χ0v) is 10.1. The lowest BCUT2D eigenvalue weighted by molar-refractivity contribution is 0.633. The average Bonchev–Trinajstić information content (AvgIpc) is 2.92. The van der Waals surface area contributed by atoms with Crippen LogP contribution in [0.5, 0.6) is 0 Å². The highest BCUT2D eigenvalue weighted by Gasteiger charge is 2.09. The minimum Gasteiger partial charge on any atom is -0.396 e. The van der Waals surface area contributed by atoms with Crippen LogP contribution in [0.2, 0.25) is 0 Å². The van der Waals surface area contributed by atoms with Crippen molar-refractivity contribution < 1.29 is 4.39 Å². The molecule has 3 rings (SSSR count). The smallest absolute Gasteiger partial charge is 0.146 e. The Morgan fingerprint density at radius 1 is 1.00 bits per heavy atom. The van der Waals surface area contributed by atoms with Gasteiger partial charge in [0.15, 0.2) is 0 Å². The molecule has 0 saturated heterocycles. The first-order valence-electron chi connectivity index (χ1n) is 5.90. The molecule has 0 aliphatic heterocycles. The minimum atomic E-state index is -0.418. The second-order valence-electron chi connectivity index (χ2n) is 4.20. The molecule has 0 aliphatic rings. The van der Waals surface area contributed by atoms with Crippen molar-refractivity contribution in [2.75, 3.05) is 5.73 Å². The number of rotatable bonds is 2. The van der Waals surface area contributed by atoms with E-state index < -0.39 is 5.82 Å². The van der Waals surface area contributed by atoms with Gasteiger partial charge in [-0.25, -0.2) is 9.07 Å². The van der Waals surface area contributed by atoms with Gasteiger partial charge in [-0.15, -0.1) is 0 Å². The normalized spacial score (nSPS) is 10.6. The van der Waals surface area contributed by atoms with Gasteiger partial charge in [0, 0.05) is 5.56 Å². The molecular formula is C15H12FN3. The molecule has 0 fully saturated rings. The summed E-state index contributed by atoms with van der Waals surface area (Å²) in [6.45, 7) is 0. The fourth-order valence-electron chi connectivity index (χ4n) is 1.98. The van der Waals surface area contributed by atoms with Crippen LogP contribution in [-0.4, -0.2) is 9.78 Å². The van der Waals surface area contributed by atoms with Crippen LogP contribution in [-0.2, 0) is 0 Å². The SMILES string of the molecule is Nc1ccc(-c2ccnn2-c2ccccc2)cc1F. The summed E-state index contributed by atoms with van der Waals surface area (Å²) in [6, 6.07) is 16.3. The summed E-state index contributed by atoms with van der Waals surface area (Å²) in [5.41, 5.74) is 8.14. The van der Waals surface area contributed by atoms with Gasteiger partial charge in [0.2, 0.25) is 0 Å². The van der Waals surface area contributed by atoms with E-state index in [1.807, 2.05) is 36.4 Å². The first-order chi connectivity index (χ1) is 9.25. The van der Waals surface area contributed by atoms with Crippen LogP contribution in [0.1, 0.15) is 0 Å². The van der Waals surface area contributed by atoms with Gasteiger partial charge in [-0.1, -0.05) is 24.3 Å². The zero-order valence-electron chi connectivity index (χ0n) is 10.1. The van der Waals surface area contributed by atoms with Gasteiger partial charge in [0.25, 0.3) is 0 Å². The van der Waals surface area contributed by atoms with Crippen LogP contribution in [0.3, 0.4) is 0 Å². The van der Waals surface area contributed by atoms with Gasteiger partial charge in [0.05, 0.1) is 23.3 Å². The molecule has 2 aromatic carbocycles. The molecule has 0 unspecified atom stereocenters. The van der Waals surface area contributed by atoms with Crippen molar-refractivity contribution in [3.05, 3.63) is 66.6 Å². The summed E-state index contributed by atoms with van der Waals surface area (Å²) >= 11 is 0. The molecule has 0 spiro atoms.